The van der Waals surface area contributed by atoms with Crippen LogP contribution in [0, 0.1) is 6.92 Å². The Morgan fingerprint density at radius 1 is 0.905 bits per heavy atom. The highest BCUT2D eigenvalue weighted by molar-refractivity contribution is 6.99. The molecular formula is C14H9N5OS. The van der Waals surface area contributed by atoms with E-state index in [1.54, 1.807) is 12.4 Å². The number of hydrogen-bond acceptors (Lipinski definition) is 7. The molecule has 4 heterocycles. The summed E-state index contributed by atoms with van der Waals surface area (Å²) in [6.45, 7) is 1.89. The van der Waals surface area contributed by atoms with Gasteiger partial charge in [-0.05, 0) is 31.2 Å². The molecular weight excluding hydrogens is 286 g/mol. The van der Waals surface area contributed by atoms with Gasteiger partial charge in [-0.3, -0.25) is 4.98 Å². The van der Waals surface area contributed by atoms with Crippen molar-refractivity contribution in [2.24, 2.45) is 0 Å². The second-order valence-corrected chi connectivity index (χ2v) is 5.01. The number of furan rings is 1. The maximum Gasteiger partial charge on any atom is 0.213 e. The van der Waals surface area contributed by atoms with Gasteiger partial charge < -0.3 is 4.42 Å². The van der Waals surface area contributed by atoms with Gasteiger partial charge >= 0.3 is 0 Å². The van der Waals surface area contributed by atoms with Gasteiger partial charge in [-0.1, -0.05) is 0 Å². The van der Waals surface area contributed by atoms with Gasteiger partial charge in [0.1, 0.15) is 17.1 Å². The van der Waals surface area contributed by atoms with E-state index in [0.717, 1.165) is 23.1 Å². The maximum absolute atomic E-state index is 5.69. The quantitative estimate of drug-likeness (QED) is 0.565. The van der Waals surface area contributed by atoms with Crippen molar-refractivity contribution in [2.75, 3.05) is 0 Å². The van der Waals surface area contributed by atoms with Crippen molar-refractivity contribution in [1.29, 1.82) is 0 Å². The molecule has 0 atom stereocenters. The summed E-state index contributed by atoms with van der Waals surface area (Å²) in [6, 6.07) is 7.55. The molecule has 0 saturated heterocycles. The second kappa shape index (κ2) is 4.71. The molecule has 0 fully saturated rings. The minimum absolute atomic E-state index is 0.529. The smallest absolute Gasteiger partial charge is 0.213 e. The number of nitrogens with zero attached hydrogens (tertiary/aromatic N) is 5. The summed E-state index contributed by atoms with van der Waals surface area (Å²) in [4.78, 5) is 13.2. The normalized spacial score (nSPS) is 11.1. The minimum Gasteiger partial charge on any atom is -0.460 e. The highest BCUT2D eigenvalue weighted by Crippen LogP contribution is 2.31. The van der Waals surface area contributed by atoms with Crippen LogP contribution in [-0.4, -0.2) is 23.7 Å². The van der Waals surface area contributed by atoms with E-state index >= 15 is 0 Å². The number of aryl methyl sites for hydroxylation is 1. The van der Waals surface area contributed by atoms with Crippen molar-refractivity contribution in [3.8, 4) is 22.7 Å². The van der Waals surface area contributed by atoms with E-state index in [0.29, 0.717) is 28.4 Å². The predicted octanol–water partition coefficient (Wildman–Crippen LogP) is 3.11. The summed E-state index contributed by atoms with van der Waals surface area (Å²) in [7, 11) is 0. The molecule has 4 aromatic heterocycles. The molecule has 0 aliphatic rings. The first-order valence-electron chi connectivity index (χ1n) is 6.29. The molecule has 102 valence electrons. The number of fused-ring (bicyclic) bond motifs is 1. The van der Waals surface area contributed by atoms with Crippen LogP contribution in [0.25, 0.3) is 34.0 Å². The molecule has 0 aliphatic carbocycles. The molecule has 21 heavy (non-hydrogen) atoms. The molecule has 0 aromatic carbocycles. The topological polar surface area (TPSA) is 77.6 Å². The van der Waals surface area contributed by atoms with Crippen molar-refractivity contribution in [3.05, 3.63) is 42.4 Å². The van der Waals surface area contributed by atoms with Crippen molar-refractivity contribution in [1.82, 2.24) is 23.7 Å². The minimum atomic E-state index is 0.529. The van der Waals surface area contributed by atoms with Gasteiger partial charge in [0.15, 0.2) is 5.76 Å². The lowest BCUT2D eigenvalue weighted by Gasteiger charge is -2.05. The highest BCUT2D eigenvalue weighted by atomic mass is 32.1. The first-order valence-corrected chi connectivity index (χ1v) is 7.02. The van der Waals surface area contributed by atoms with Crippen molar-refractivity contribution in [3.63, 3.8) is 0 Å². The van der Waals surface area contributed by atoms with Crippen LogP contribution >= 0.6 is 11.7 Å². The molecule has 0 N–H and O–H groups in total. The summed E-state index contributed by atoms with van der Waals surface area (Å²) >= 11 is 1.10. The van der Waals surface area contributed by atoms with Crippen LogP contribution in [-0.2, 0) is 0 Å². The fourth-order valence-electron chi connectivity index (χ4n) is 2.08. The fraction of sp³-hybridized carbons (Fsp3) is 0.0714. The standard InChI is InChI=1S/C14H9N5OS/c1-8-2-3-10(20-8)12-11(9-4-6-15-7-5-9)16-13-14(17-12)19-21-18-13/h2-7H,1H3. The Morgan fingerprint density at radius 3 is 2.29 bits per heavy atom. The number of hydrogen-bond donors (Lipinski definition) is 0. The number of rotatable bonds is 2. The van der Waals surface area contributed by atoms with Crippen molar-refractivity contribution < 1.29 is 4.42 Å². The molecule has 0 saturated carbocycles. The van der Waals surface area contributed by atoms with Crippen LogP contribution < -0.4 is 0 Å². The van der Waals surface area contributed by atoms with Gasteiger partial charge in [0.2, 0.25) is 11.3 Å². The van der Waals surface area contributed by atoms with Gasteiger partial charge in [0, 0.05) is 18.0 Å². The van der Waals surface area contributed by atoms with E-state index in [9.17, 15) is 0 Å². The second-order valence-electron chi connectivity index (χ2n) is 4.48. The zero-order chi connectivity index (χ0) is 14.2. The van der Waals surface area contributed by atoms with Crippen molar-refractivity contribution >= 4 is 23.0 Å². The lowest BCUT2D eigenvalue weighted by atomic mass is 10.1. The van der Waals surface area contributed by atoms with Gasteiger partial charge in [-0.2, -0.15) is 8.75 Å². The van der Waals surface area contributed by atoms with Gasteiger partial charge in [0.25, 0.3) is 0 Å². The Bertz CT molecular complexity index is 915. The largest absolute Gasteiger partial charge is 0.460 e. The maximum atomic E-state index is 5.69. The molecule has 0 spiro atoms. The molecule has 0 amide bonds. The third kappa shape index (κ3) is 2.07. The van der Waals surface area contributed by atoms with Gasteiger partial charge in [-0.25, -0.2) is 9.97 Å². The third-order valence-corrected chi connectivity index (χ3v) is 3.55. The summed E-state index contributed by atoms with van der Waals surface area (Å²) in [5.74, 6) is 1.49. The Balaban J connectivity index is 2.02. The van der Waals surface area contributed by atoms with E-state index in [4.69, 9.17) is 4.42 Å². The van der Waals surface area contributed by atoms with Crippen LogP contribution in [0.3, 0.4) is 0 Å². The van der Waals surface area contributed by atoms with E-state index in [1.165, 1.54) is 0 Å². The average Bonchev–Trinajstić information content (AvgIpc) is 3.15. The summed E-state index contributed by atoms with van der Waals surface area (Å²) < 4.78 is 14.0. The first kappa shape index (κ1) is 12.1. The molecule has 4 rings (SSSR count). The summed E-state index contributed by atoms with van der Waals surface area (Å²) in [5, 5.41) is 0. The Labute approximate surface area is 123 Å². The lowest BCUT2D eigenvalue weighted by molar-refractivity contribution is 0.546. The summed E-state index contributed by atoms with van der Waals surface area (Å²) in [6.07, 6.45) is 3.44. The van der Waals surface area contributed by atoms with Crippen LogP contribution in [0.1, 0.15) is 5.76 Å². The third-order valence-electron chi connectivity index (χ3n) is 3.04. The van der Waals surface area contributed by atoms with Crippen molar-refractivity contribution in [2.45, 2.75) is 6.92 Å². The predicted molar refractivity (Wildman–Crippen MR) is 78.7 cm³/mol. The molecule has 0 aliphatic heterocycles. The first-order chi connectivity index (χ1) is 10.3. The zero-order valence-electron chi connectivity index (χ0n) is 11.0. The van der Waals surface area contributed by atoms with E-state index in [2.05, 4.69) is 23.7 Å². The Kier molecular flexibility index (Phi) is 2.71. The van der Waals surface area contributed by atoms with E-state index < -0.39 is 0 Å². The molecule has 0 unspecified atom stereocenters. The highest BCUT2D eigenvalue weighted by Gasteiger charge is 2.17. The molecule has 4 aromatic rings. The van der Waals surface area contributed by atoms with Crippen LogP contribution in [0.2, 0.25) is 0 Å². The Hall–Kier alpha value is -2.67. The molecule has 0 radical (unpaired) electrons. The van der Waals surface area contributed by atoms with Crippen LogP contribution in [0.5, 0.6) is 0 Å². The van der Waals surface area contributed by atoms with E-state index in [-0.39, 0.29) is 0 Å². The van der Waals surface area contributed by atoms with Gasteiger partial charge in [0.05, 0.1) is 11.7 Å². The number of pyridine rings is 1. The average molecular weight is 295 g/mol. The van der Waals surface area contributed by atoms with Crippen LogP contribution in [0.4, 0.5) is 0 Å². The molecule has 7 heteroatoms. The molecule has 6 nitrogen and oxygen atoms in total. The monoisotopic (exact) mass is 295 g/mol. The zero-order valence-corrected chi connectivity index (χ0v) is 11.8. The van der Waals surface area contributed by atoms with E-state index in [1.807, 2.05) is 31.2 Å². The SMILES string of the molecule is Cc1ccc(-c2nc3nsnc3nc2-c2ccncc2)o1. The van der Waals surface area contributed by atoms with Crippen LogP contribution in [0.15, 0.2) is 41.1 Å². The number of aromatic nitrogens is 5. The van der Waals surface area contributed by atoms with Gasteiger partial charge in [-0.15, -0.1) is 0 Å². The Morgan fingerprint density at radius 2 is 1.62 bits per heavy atom. The molecule has 0 bridgehead atoms. The fourth-order valence-corrected chi connectivity index (χ4v) is 2.52. The lowest BCUT2D eigenvalue weighted by Crippen LogP contribution is -1.94. The summed E-state index contributed by atoms with van der Waals surface area (Å²) in [5.41, 5.74) is 3.36.